The lowest BCUT2D eigenvalue weighted by atomic mass is 10.2. The molecule has 2 fully saturated rings. The molecule has 2 atom stereocenters. The maximum atomic E-state index is 13.2. The minimum absolute atomic E-state index is 0. The molecule has 0 spiro atoms. The zero-order chi connectivity index (χ0) is 16.2. The number of halogens is 4. The molecule has 0 aromatic heterocycles. The number of nitrogens with zero attached hydrogens (tertiary/aromatic N) is 1. The molecule has 2 rings (SSSR count). The Morgan fingerprint density at radius 3 is 2.48 bits per heavy atom. The van der Waals surface area contributed by atoms with Crippen molar-refractivity contribution < 1.29 is 26.3 Å². The van der Waals surface area contributed by atoms with Crippen molar-refractivity contribution in [2.24, 2.45) is 5.92 Å². The van der Waals surface area contributed by atoms with Crippen LogP contribution in [0.3, 0.4) is 0 Å². The van der Waals surface area contributed by atoms with Gasteiger partial charge in [-0.25, -0.2) is 13.1 Å². The van der Waals surface area contributed by atoms with Crippen LogP contribution < -0.4 is 10.0 Å². The van der Waals surface area contributed by atoms with Crippen LogP contribution in [0.5, 0.6) is 0 Å². The number of piperazine rings is 1. The zero-order valence-electron chi connectivity index (χ0n) is 12.6. The summed E-state index contributed by atoms with van der Waals surface area (Å²) in [7, 11) is -3.73. The normalized spacial score (nSPS) is 25.1. The van der Waals surface area contributed by atoms with Crippen LogP contribution in [0.15, 0.2) is 0 Å². The second kappa shape index (κ2) is 8.82. The molecule has 2 unspecified atom stereocenters. The Bertz CT molecular complexity index is 452. The van der Waals surface area contributed by atoms with E-state index in [4.69, 9.17) is 4.74 Å². The third-order valence-corrected chi connectivity index (χ3v) is 5.46. The van der Waals surface area contributed by atoms with E-state index < -0.39 is 28.8 Å². The molecule has 6 nitrogen and oxygen atoms in total. The SMILES string of the molecule is Cl.O=S(=O)(CC1CCOC1)NCC(N1CCNCC1)C(F)(F)F. The predicted octanol–water partition coefficient (Wildman–Crippen LogP) is 0.200. The summed E-state index contributed by atoms with van der Waals surface area (Å²) in [6, 6.07) is -1.79. The van der Waals surface area contributed by atoms with Gasteiger partial charge in [0.15, 0.2) is 0 Å². The lowest BCUT2D eigenvalue weighted by Crippen LogP contribution is -2.57. The number of hydrogen-bond donors (Lipinski definition) is 2. The van der Waals surface area contributed by atoms with Crippen LogP contribution in [-0.2, 0) is 14.8 Å². The van der Waals surface area contributed by atoms with Gasteiger partial charge < -0.3 is 10.1 Å². The maximum Gasteiger partial charge on any atom is 0.405 e. The Morgan fingerprint density at radius 1 is 1.30 bits per heavy atom. The molecular weight excluding hydrogens is 359 g/mol. The van der Waals surface area contributed by atoms with Gasteiger partial charge in [-0.1, -0.05) is 0 Å². The summed E-state index contributed by atoms with van der Waals surface area (Å²) in [5.74, 6) is -0.319. The van der Waals surface area contributed by atoms with Crippen LogP contribution in [0.1, 0.15) is 6.42 Å². The third-order valence-electron chi connectivity index (χ3n) is 3.95. The average molecular weight is 382 g/mol. The number of nitrogens with one attached hydrogen (secondary N) is 2. The predicted molar refractivity (Wildman–Crippen MR) is 82.2 cm³/mol. The Morgan fingerprint density at radius 2 is 1.96 bits per heavy atom. The Hall–Kier alpha value is -0.130. The van der Waals surface area contributed by atoms with Gasteiger partial charge in [0.05, 0.1) is 12.4 Å². The van der Waals surface area contributed by atoms with Gasteiger partial charge in [-0.2, -0.15) is 13.2 Å². The summed E-state index contributed by atoms with van der Waals surface area (Å²) >= 11 is 0. The van der Waals surface area contributed by atoms with Gasteiger partial charge in [0.2, 0.25) is 10.0 Å². The minimum Gasteiger partial charge on any atom is -0.381 e. The van der Waals surface area contributed by atoms with E-state index in [1.54, 1.807) is 0 Å². The smallest absolute Gasteiger partial charge is 0.381 e. The van der Waals surface area contributed by atoms with Gasteiger partial charge >= 0.3 is 6.18 Å². The molecule has 0 aromatic rings. The highest BCUT2D eigenvalue weighted by Gasteiger charge is 2.44. The quantitative estimate of drug-likeness (QED) is 0.688. The molecular formula is C12H23ClF3N3O3S. The molecule has 2 N–H and O–H groups in total. The van der Waals surface area contributed by atoms with Gasteiger partial charge in [0.25, 0.3) is 0 Å². The molecule has 2 aliphatic heterocycles. The molecule has 0 radical (unpaired) electrons. The number of alkyl halides is 3. The van der Waals surface area contributed by atoms with Crippen molar-refractivity contribution in [1.29, 1.82) is 0 Å². The fourth-order valence-electron chi connectivity index (χ4n) is 2.74. The molecule has 0 aromatic carbocycles. The molecule has 2 heterocycles. The minimum atomic E-state index is -4.46. The molecule has 11 heteroatoms. The first-order valence-electron chi connectivity index (χ1n) is 7.34. The van der Waals surface area contributed by atoms with Crippen LogP contribution in [0.2, 0.25) is 0 Å². The highest BCUT2D eigenvalue weighted by atomic mass is 35.5. The Kier molecular flexibility index (Phi) is 8.02. The molecule has 138 valence electrons. The second-order valence-corrected chi connectivity index (χ2v) is 7.55. The maximum absolute atomic E-state index is 13.2. The summed E-state index contributed by atoms with van der Waals surface area (Å²) in [5.41, 5.74) is 0. The van der Waals surface area contributed by atoms with Gasteiger partial charge in [0.1, 0.15) is 6.04 Å². The van der Waals surface area contributed by atoms with Gasteiger partial charge in [-0.15, -0.1) is 12.4 Å². The molecule has 0 amide bonds. The van der Waals surface area contributed by atoms with Crippen LogP contribution in [-0.4, -0.2) is 77.2 Å². The van der Waals surface area contributed by atoms with Crippen molar-refractivity contribution in [2.75, 3.05) is 51.7 Å². The molecule has 2 aliphatic rings. The molecule has 0 bridgehead atoms. The van der Waals surface area contributed by atoms with Crippen molar-refractivity contribution >= 4 is 22.4 Å². The van der Waals surface area contributed by atoms with Crippen LogP contribution >= 0.6 is 12.4 Å². The highest BCUT2D eigenvalue weighted by Crippen LogP contribution is 2.25. The van der Waals surface area contributed by atoms with Gasteiger partial charge in [-0.3, -0.25) is 4.90 Å². The van der Waals surface area contributed by atoms with E-state index in [1.165, 1.54) is 4.90 Å². The fraction of sp³-hybridized carbons (Fsp3) is 1.00. The van der Waals surface area contributed by atoms with E-state index in [0.717, 1.165) is 0 Å². The lowest BCUT2D eigenvalue weighted by Gasteiger charge is -2.35. The lowest BCUT2D eigenvalue weighted by molar-refractivity contribution is -0.182. The standard InChI is InChI=1S/C12H22F3N3O3S.ClH/c13-12(14,15)11(18-4-2-16-3-5-18)7-17-22(19,20)9-10-1-6-21-8-10;/h10-11,16-17H,1-9H2;1H. The van der Waals surface area contributed by atoms with Crippen LogP contribution in [0, 0.1) is 5.92 Å². The summed E-state index contributed by atoms with van der Waals surface area (Å²) < 4.78 is 70.6. The van der Waals surface area contributed by atoms with Gasteiger partial charge in [-0.05, 0) is 12.3 Å². The van der Waals surface area contributed by atoms with Crippen molar-refractivity contribution in [3.05, 3.63) is 0 Å². The van der Waals surface area contributed by atoms with Crippen molar-refractivity contribution in [3.8, 4) is 0 Å². The number of sulfonamides is 1. The second-order valence-electron chi connectivity index (χ2n) is 5.70. The highest BCUT2D eigenvalue weighted by molar-refractivity contribution is 7.89. The first-order chi connectivity index (χ1) is 10.3. The summed E-state index contributed by atoms with van der Waals surface area (Å²) in [6.45, 7) is 1.66. The first-order valence-corrected chi connectivity index (χ1v) is 9.00. The number of hydrogen-bond acceptors (Lipinski definition) is 5. The van der Waals surface area contributed by atoms with Crippen LogP contribution in [0.4, 0.5) is 13.2 Å². The largest absolute Gasteiger partial charge is 0.405 e. The van der Waals surface area contributed by atoms with Crippen molar-refractivity contribution in [2.45, 2.75) is 18.6 Å². The average Bonchev–Trinajstić information content (AvgIpc) is 2.90. The Balaban J connectivity index is 0.00000264. The monoisotopic (exact) mass is 381 g/mol. The van der Waals surface area contributed by atoms with E-state index in [1.807, 2.05) is 0 Å². The molecule has 0 aliphatic carbocycles. The topological polar surface area (TPSA) is 70.7 Å². The van der Waals surface area contributed by atoms with Crippen molar-refractivity contribution in [3.63, 3.8) is 0 Å². The van der Waals surface area contributed by atoms with Crippen LogP contribution in [0.25, 0.3) is 0 Å². The number of ether oxygens (including phenoxy) is 1. The Labute approximate surface area is 140 Å². The van der Waals surface area contributed by atoms with Gasteiger partial charge in [0, 0.05) is 39.3 Å². The van der Waals surface area contributed by atoms with E-state index in [2.05, 4.69) is 10.0 Å². The summed E-state index contributed by atoms with van der Waals surface area (Å²) in [6.07, 6.45) is -3.84. The zero-order valence-corrected chi connectivity index (χ0v) is 14.3. The third kappa shape index (κ3) is 6.71. The number of rotatable bonds is 6. The summed E-state index contributed by atoms with van der Waals surface area (Å²) in [4.78, 5) is 1.28. The molecule has 0 saturated carbocycles. The first kappa shape index (κ1) is 20.9. The molecule has 2 saturated heterocycles. The molecule has 23 heavy (non-hydrogen) atoms. The summed E-state index contributed by atoms with van der Waals surface area (Å²) in [5, 5.41) is 2.98. The fourth-order valence-corrected chi connectivity index (χ4v) is 4.15. The van der Waals surface area contributed by atoms with Crippen molar-refractivity contribution in [1.82, 2.24) is 14.9 Å². The van der Waals surface area contributed by atoms with E-state index in [0.29, 0.717) is 32.7 Å². The van der Waals surface area contributed by atoms with E-state index >= 15 is 0 Å². The van der Waals surface area contributed by atoms with E-state index in [9.17, 15) is 21.6 Å². The van der Waals surface area contributed by atoms with E-state index in [-0.39, 0.29) is 37.2 Å².